The minimum Gasteiger partial charge on any atom is -0.282 e. The Balaban J connectivity index is 1.52. The molecule has 1 saturated heterocycles. The van der Waals surface area contributed by atoms with Crippen molar-refractivity contribution in [3.05, 3.63) is 21.9 Å². The van der Waals surface area contributed by atoms with Gasteiger partial charge in [-0.2, -0.15) is 0 Å². The summed E-state index contributed by atoms with van der Waals surface area (Å²) in [6.45, 7) is 9.42. The molecule has 4 aliphatic rings. The molecule has 2 bridgehead atoms. The van der Waals surface area contributed by atoms with Gasteiger partial charge in [0.2, 0.25) is 5.91 Å². The van der Waals surface area contributed by atoms with Gasteiger partial charge in [-0.15, -0.1) is 11.3 Å². The maximum Gasteiger partial charge on any atom is 0.244 e. The number of fused-ring (bicyclic) bond motifs is 1. The molecule has 1 aliphatic heterocycles. The second kappa shape index (κ2) is 6.01. The van der Waals surface area contributed by atoms with Gasteiger partial charge in [-0.3, -0.25) is 9.10 Å². The van der Waals surface area contributed by atoms with Crippen LogP contribution in [0.4, 0.5) is 0 Å². The highest BCUT2D eigenvalue weighted by atomic mass is 32.2. The summed E-state index contributed by atoms with van der Waals surface area (Å²) in [6.07, 6.45) is 8.92. The van der Waals surface area contributed by atoms with Gasteiger partial charge in [-0.25, -0.2) is 0 Å². The number of thiophene rings is 1. The van der Waals surface area contributed by atoms with Crippen molar-refractivity contribution in [1.29, 1.82) is 0 Å². The predicted octanol–water partition coefficient (Wildman–Crippen LogP) is 6.19. The number of hydrogen-bond acceptors (Lipinski definition) is 3. The fraction of sp³-hybridized carbons (Fsp3) is 0.783. The Bertz CT molecular complexity index is 764. The maximum absolute atomic E-state index is 14.2. The van der Waals surface area contributed by atoms with Gasteiger partial charge in [0.25, 0.3) is 0 Å². The molecule has 27 heavy (non-hydrogen) atoms. The van der Waals surface area contributed by atoms with Crippen LogP contribution in [0.3, 0.4) is 0 Å². The molecule has 0 aromatic carbocycles. The normalized spacial score (nSPS) is 37.0. The number of amides is 1. The molecule has 4 heteroatoms. The lowest BCUT2D eigenvalue weighted by Gasteiger charge is -2.41. The molecule has 0 radical (unpaired) electrons. The SMILES string of the molecule is Cc1ccc(C(C)(C(=O)N2SC[C@]34CC[C@H](C[C@@H]23)C4(C)C)C2CCCC2)s1. The topological polar surface area (TPSA) is 20.3 Å². The Morgan fingerprint density at radius 3 is 2.59 bits per heavy atom. The van der Waals surface area contributed by atoms with Gasteiger partial charge in [-0.05, 0) is 87.3 Å². The summed E-state index contributed by atoms with van der Waals surface area (Å²) in [6, 6.07) is 4.92. The van der Waals surface area contributed by atoms with Crippen molar-refractivity contribution >= 4 is 29.2 Å². The van der Waals surface area contributed by atoms with Crippen molar-refractivity contribution in [2.45, 2.75) is 84.1 Å². The van der Waals surface area contributed by atoms with E-state index in [-0.39, 0.29) is 5.41 Å². The van der Waals surface area contributed by atoms with Crippen molar-refractivity contribution in [3.8, 4) is 0 Å². The first kappa shape index (κ1) is 18.5. The summed E-state index contributed by atoms with van der Waals surface area (Å²) >= 11 is 3.72. The van der Waals surface area contributed by atoms with Crippen LogP contribution in [0, 0.1) is 29.6 Å². The third-order valence-corrected chi connectivity index (χ3v) is 11.8. The molecule has 2 heterocycles. The van der Waals surface area contributed by atoms with E-state index >= 15 is 0 Å². The first-order valence-electron chi connectivity index (χ1n) is 10.8. The highest BCUT2D eigenvalue weighted by Gasteiger charge is 2.69. The van der Waals surface area contributed by atoms with Crippen LogP contribution in [-0.4, -0.2) is 22.0 Å². The largest absolute Gasteiger partial charge is 0.282 e. The van der Waals surface area contributed by atoms with Crippen LogP contribution in [0.25, 0.3) is 0 Å². The number of nitrogens with zero attached hydrogens (tertiary/aromatic N) is 1. The highest BCUT2D eigenvalue weighted by molar-refractivity contribution is 7.97. The van der Waals surface area contributed by atoms with Gasteiger partial charge in [0.1, 0.15) is 0 Å². The molecule has 5 rings (SSSR count). The van der Waals surface area contributed by atoms with E-state index in [0.717, 1.165) is 11.7 Å². The van der Waals surface area contributed by atoms with E-state index in [1.807, 2.05) is 23.3 Å². The molecule has 1 unspecified atom stereocenters. The Morgan fingerprint density at radius 1 is 1.22 bits per heavy atom. The molecule has 4 fully saturated rings. The Labute approximate surface area is 172 Å². The minimum absolute atomic E-state index is 0.333. The van der Waals surface area contributed by atoms with Crippen LogP contribution < -0.4 is 0 Å². The third kappa shape index (κ3) is 2.29. The zero-order chi connectivity index (χ0) is 19.0. The molecular weight excluding hydrogens is 370 g/mol. The highest BCUT2D eigenvalue weighted by Crippen LogP contribution is 2.71. The zero-order valence-corrected chi connectivity index (χ0v) is 18.8. The van der Waals surface area contributed by atoms with Gasteiger partial charge in [-0.1, -0.05) is 26.7 Å². The van der Waals surface area contributed by atoms with Crippen LogP contribution in [0.5, 0.6) is 0 Å². The summed E-state index contributed by atoms with van der Waals surface area (Å²) < 4.78 is 2.30. The van der Waals surface area contributed by atoms with Gasteiger partial charge in [0.05, 0.1) is 11.5 Å². The Morgan fingerprint density at radius 2 is 1.96 bits per heavy atom. The third-order valence-electron chi connectivity index (χ3n) is 9.20. The van der Waals surface area contributed by atoms with E-state index in [1.54, 1.807) is 0 Å². The number of rotatable bonds is 3. The quantitative estimate of drug-likeness (QED) is 0.561. The van der Waals surface area contributed by atoms with Gasteiger partial charge >= 0.3 is 0 Å². The Kier molecular flexibility index (Phi) is 4.13. The van der Waals surface area contributed by atoms with Crippen molar-refractivity contribution in [1.82, 2.24) is 4.31 Å². The fourth-order valence-electron chi connectivity index (χ4n) is 7.10. The number of aryl methyl sites for hydroxylation is 1. The van der Waals surface area contributed by atoms with E-state index in [9.17, 15) is 4.79 Å². The molecule has 1 spiro atoms. The number of hydrogen-bond donors (Lipinski definition) is 0. The summed E-state index contributed by atoms with van der Waals surface area (Å²) in [5, 5.41) is 0. The first-order valence-corrected chi connectivity index (χ1v) is 12.6. The average Bonchev–Trinajstić information content (AvgIpc) is 3.43. The van der Waals surface area contributed by atoms with E-state index < -0.39 is 0 Å². The molecule has 3 aliphatic carbocycles. The van der Waals surface area contributed by atoms with Crippen molar-refractivity contribution in [3.63, 3.8) is 0 Å². The van der Waals surface area contributed by atoms with E-state index in [1.165, 1.54) is 54.7 Å². The van der Waals surface area contributed by atoms with E-state index in [2.05, 4.69) is 44.1 Å². The second-order valence-electron chi connectivity index (χ2n) is 10.4. The molecular formula is C23H33NOS2. The summed E-state index contributed by atoms with van der Waals surface area (Å²) in [5.74, 6) is 2.88. The monoisotopic (exact) mass is 403 g/mol. The molecule has 1 amide bonds. The second-order valence-corrected chi connectivity index (χ2v) is 12.6. The van der Waals surface area contributed by atoms with Crippen molar-refractivity contribution in [2.24, 2.45) is 22.7 Å². The predicted molar refractivity (Wildman–Crippen MR) is 115 cm³/mol. The molecule has 0 N–H and O–H groups in total. The van der Waals surface area contributed by atoms with Crippen LogP contribution in [0.1, 0.15) is 75.5 Å². The molecule has 1 aromatic rings. The fourth-order valence-corrected chi connectivity index (χ4v) is 10.0. The lowest BCUT2D eigenvalue weighted by Crippen LogP contribution is -2.50. The van der Waals surface area contributed by atoms with Gasteiger partial charge in [0.15, 0.2) is 0 Å². The molecule has 1 aromatic heterocycles. The summed E-state index contributed by atoms with van der Waals surface area (Å²) in [4.78, 5) is 16.8. The lowest BCUT2D eigenvalue weighted by molar-refractivity contribution is -0.136. The molecule has 3 saturated carbocycles. The molecule has 148 valence electrons. The Hall–Kier alpha value is -0.480. The van der Waals surface area contributed by atoms with Crippen LogP contribution in [0.15, 0.2) is 12.1 Å². The zero-order valence-electron chi connectivity index (χ0n) is 17.2. The summed E-state index contributed by atoms with van der Waals surface area (Å²) in [5.41, 5.74) is 0.419. The first-order chi connectivity index (χ1) is 12.8. The van der Waals surface area contributed by atoms with Crippen molar-refractivity contribution < 1.29 is 4.79 Å². The van der Waals surface area contributed by atoms with Crippen molar-refractivity contribution in [2.75, 3.05) is 5.75 Å². The van der Waals surface area contributed by atoms with Crippen LogP contribution in [-0.2, 0) is 10.2 Å². The number of carbonyl (C=O) groups excluding carboxylic acids is 1. The van der Waals surface area contributed by atoms with E-state index in [4.69, 9.17) is 0 Å². The van der Waals surface area contributed by atoms with Crippen LogP contribution >= 0.6 is 23.3 Å². The summed E-state index contributed by atoms with van der Waals surface area (Å²) in [7, 11) is 0. The van der Waals surface area contributed by atoms with E-state index in [0.29, 0.717) is 28.7 Å². The average molecular weight is 404 g/mol. The van der Waals surface area contributed by atoms with Gasteiger partial charge in [0, 0.05) is 20.9 Å². The lowest BCUT2D eigenvalue weighted by atomic mass is 9.68. The number of carbonyl (C=O) groups is 1. The minimum atomic E-state index is -0.333. The molecule has 2 nitrogen and oxygen atoms in total. The molecule has 4 atom stereocenters. The van der Waals surface area contributed by atoms with Crippen LogP contribution in [0.2, 0.25) is 0 Å². The standard InChI is InChI=1S/C23H33NOS2/c1-15-9-10-19(27-15)22(4,16-7-5-6-8-16)20(25)24-18-13-17-11-12-23(18,14-26-24)21(17,2)3/h9-10,16-18H,5-8,11-14H2,1-4H3/t17-,18-,22?,23-/m1/s1. The van der Waals surface area contributed by atoms with Gasteiger partial charge < -0.3 is 0 Å². The smallest absolute Gasteiger partial charge is 0.244 e. The maximum atomic E-state index is 14.2.